The van der Waals surface area contributed by atoms with E-state index in [9.17, 15) is 0 Å². The largest absolute Gasteiger partial charge is 0.396 e. The van der Waals surface area contributed by atoms with Crippen LogP contribution in [0.1, 0.15) is 24.5 Å². The van der Waals surface area contributed by atoms with Gasteiger partial charge in [-0.1, -0.05) is 36.8 Å². The average Bonchev–Trinajstić information content (AvgIpc) is 2.19. The van der Waals surface area contributed by atoms with Crippen LogP contribution in [0.3, 0.4) is 0 Å². The van der Waals surface area contributed by atoms with Crippen molar-refractivity contribution >= 4 is 0 Å². The number of aliphatic hydroxyl groups is 1. The zero-order valence-corrected chi connectivity index (χ0v) is 8.96. The second kappa shape index (κ2) is 4.58. The molecule has 78 valence electrons. The van der Waals surface area contributed by atoms with Crippen LogP contribution < -0.4 is 5.73 Å². The van der Waals surface area contributed by atoms with Gasteiger partial charge >= 0.3 is 0 Å². The lowest BCUT2D eigenvalue weighted by atomic mass is 9.79. The molecule has 2 heteroatoms. The van der Waals surface area contributed by atoms with Crippen molar-refractivity contribution in [3.05, 3.63) is 35.4 Å². The molecule has 0 aromatic heterocycles. The summed E-state index contributed by atoms with van der Waals surface area (Å²) in [5.41, 5.74) is 8.11. The molecule has 0 bridgehead atoms. The molecule has 0 unspecified atom stereocenters. The van der Waals surface area contributed by atoms with Gasteiger partial charge in [-0.15, -0.1) is 0 Å². The topological polar surface area (TPSA) is 46.2 Å². The fraction of sp³-hybridized carbons (Fsp3) is 0.500. The predicted molar refractivity (Wildman–Crippen MR) is 59.3 cm³/mol. The lowest BCUT2D eigenvalue weighted by molar-refractivity contribution is 0.247. The highest BCUT2D eigenvalue weighted by atomic mass is 16.3. The third-order valence-electron chi connectivity index (χ3n) is 2.86. The summed E-state index contributed by atoms with van der Waals surface area (Å²) in [7, 11) is 0. The molecule has 2 nitrogen and oxygen atoms in total. The van der Waals surface area contributed by atoms with Gasteiger partial charge in [0, 0.05) is 18.6 Å². The van der Waals surface area contributed by atoms with Crippen molar-refractivity contribution in [1.29, 1.82) is 0 Å². The molecule has 3 N–H and O–H groups in total. The van der Waals surface area contributed by atoms with E-state index in [0.717, 1.165) is 0 Å². The molecule has 0 saturated heterocycles. The highest BCUT2D eigenvalue weighted by Gasteiger charge is 2.23. The summed E-state index contributed by atoms with van der Waals surface area (Å²) in [5.74, 6) is 0. The summed E-state index contributed by atoms with van der Waals surface area (Å²) in [4.78, 5) is 0. The van der Waals surface area contributed by atoms with Gasteiger partial charge in [-0.25, -0.2) is 0 Å². The molecule has 1 aromatic rings. The Labute approximate surface area is 85.8 Å². The van der Waals surface area contributed by atoms with Crippen LogP contribution in [0.5, 0.6) is 0 Å². The van der Waals surface area contributed by atoms with Crippen LogP contribution in [0.25, 0.3) is 0 Å². The summed E-state index contributed by atoms with van der Waals surface area (Å²) in [6.07, 6.45) is 0.715. The van der Waals surface area contributed by atoms with Crippen molar-refractivity contribution in [3.63, 3.8) is 0 Å². The van der Waals surface area contributed by atoms with Crippen molar-refractivity contribution in [1.82, 2.24) is 0 Å². The first-order valence-electron chi connectivity index (χ1n) is 5.00. The quantitative estimate of drug-likeness (QED) is 0.763. The molecule has 0 aliphatic rings. The number of rotatable bonds is 4. The fourth-order valence-corrected chi connectivity index (χ4v) is 1.57. The van der Waals surface area contributed by atoms with Crippen molar-refractivity contribution in [3.8, 4) is 0 Å². The third-order valence-corrected chi connectivity index (χ3v) is 2.86. The Morgan fingerprint density at radius 2 is 1.86 bits per heavy atom. The first-order chi connectivity index (χ1) is 6.62. The van der Waals surface area contributed by atoms with Crippen LogP contribution in [-0.4, -0.2) is 18.3 Å². The van der Waals surface area contributed by atoms with Gasteiger partial charge in [0.2, 0.25) is 0 Å². The highest BCUT2D eigenvalue weighted by molar-refractivity contribution is 5.28. The Morgan fingerprint density at radius 3 is 2.29 bits per heavy atom. The predicted octanol–water partition coefficient (Wildman–Crippen LogP) is 1.59. The molecular weight excluding hydrogens is 174 g/mol. The summed E-state index contributed by atoms with van der Waals surface area (Å²) in [6, 6.07) is 8.36. The van der Waals surface area contributed by atoms with E-state index in [1.807, 2.05) is 0 Å². The highest BCUT2D eigenvalue weighted by Crippen LogP contribution is 2.26. The summed E-state index contributed by atoms with van der Waals surface area (Å²) >= 11 is 0. The maximum atomic E-state index is 8.99. The Kier molecular flexibility index (Phi) is 3.67. The van der Waals surface area contributed by atoms with Gasteiger partial charge in [0.15, 0.2) is 0 Å². The molecule has 0 fully saturated rings. The van der Waals surface area contributed by atoms with Crippen LogP contribution in [0, 0.1) is 6.92 Å². The average molecular weight is 193 g/mol. The van der Waals surface area contributed by atoms with Gasteiger partial charge in [-0.3, -0.25) is 0 Å². The number of nitrogens with two attached hydrogens (primary N) is 1. The normalized spacial score (nSPS) is 15.1. The molecule has 0 spiro atoms. The second-order valence-corrected chi connectivity index (χ2v) is 4.10. The molecule has 0 heterocycles. The van der Waals surface area contributed by atoms with Gasteiger partial charge in [-0.05, 0) is 18.9 Å². The third kappa shape index (κ3) is 2.34. The molecule has 0 radical (unpaired) electrons. The van der Waals surface area contributed by atoms with Crippen LogP contribution in [0.2, 0.25) is 0 Å². The van der Waals surface area contributed by atoms with E-state index in [2.05, 4.69) is 38.1 Å². The molecule has 14 heavy (non-hydrogen) atoms. The van der Waals surface area contributed by atoms with E-state index in [0.29, 0.717) is 13.0 Å². The molecule has 0 aliphatic heterocycles. The Balaban J connectivity index is 2.94. The number of aryl methyl sites for hydroxylation is 1. The SMILES string of the molecule is Cc1ccc([C@@](C)(CN)CCO)cc1. The molecule has 1 rings (SSSR count). The molecule has 0 aliphatic carbocycles. The van der Waals surface area contributed by atoms with Gasteiger partial charge in [-0.2, -0.15) is 0 Å². The summed E-state index contributed by atoms with van der Waals surface area (Å²) in [5, 5.41) is 8.99. The minimum absolute atomic E-state index is 0.0948. The molecular formula is C12H19NO. The number of hydrogen-bond donors (Lipinski definition) is 2. The van der Waals surface area contributed by atoms with Crippen LogP contribution in [-0.2, 0) is 5.41 Å². The number of hydrogen-bond acceptors (Lipinski definition) is 2. The van der Waals surface area contributed by atoms with E-state index in [1.165, 1.54) is 11.1 Å². The summed E-state index contributed by atoms with van der Waals surface area (Å²) in [6.45, 7) is 4.90. The Bertz CT molecular complexity index is 281. The zero-order valence-electron chi connectivity index (χ0n) is 8.96. The van der Waals surface area contributed by atoms with Crippen LogP contribution >= 0.6 is 0 Å². The molecule has 0 saturated carbocycles. The van der Waals surface area contributed by atoms with E-state index >= 15 is 0 Å². The second-order valence-electron chi connectivity index (χ2n) is 4.10. The maximum absolute atomic E-state index is 8.99. The first kappa shape index (κ1) is 11.2. The minimum Gasteiger partial charge on any atom is -0.396 e. The molecule has 1 aromatic carbocycles. The number of aliphatic hydroxyl groups excluding tert-OH is 1. The standard InChI is InChI=1S/C12H19NO/c1-10-3-5-11(6-4-10)12(2,9-13)7-8-14/h3-6,14H,7-9,13H2,1-2H3/t12-/m1/s1. The van der Waals surface area contributed by atoms with Crippen molar-refractivity contribution in [2.24, 2.45) is 5.73 Å². The summed E-state index contributed by atoms with van der Waals surface area (Å²) < 4.78 is 0. The van der Waals surface area contributed by atoms with Crippen LogP contribution in [0.15, 0.2) is 24.3 Å². The maximum Gasteiger partial charge on any atom is 0.0439 e. The smallest absolute Gasteiger partial charge is 0.0439 e. The van der Waals surface area contributed by atoms with E-state index in [4.69, 9.17) is 10.8 Å². The van der Waals surface area contributed by atoms with Crippen LogP contribution in [0.4, 0.5) is 0 Å². The van der Waals surface area contributed by atoms with Gasteiger partial charge in [0.05, 0.1) is 0 Å². The van der Waals surface area contributed by atoms with Gasteiger partial charge < -0.3 is 10.8 Å². The van der Waals surface area contributed by atoms with E-state index in [-0.39, 0.29) is 12.0 Å². The van der Waals surface area contributed by atoms with Gasteiger partial charge in [0.1, 0.15) is 0 Å². The minimum atomic E-state index is -0.0948. The monoisotopic (exact) mass is 193 g/mol. The lowest BCUT2D eigenvalue weighted by Crippen LogP contribution is -2.32. The Hall–Kier alpha value is -0.860. The van der Waals surface area contributed by atoms with Crippen molar-refractivity contribution in [2.45, 2.75) is 25.7 Å². The molecule has 0 amide bonds. The van der Waals surface area contributed by atoms with Gasteiger partial charge in [0.25, 0.3) is 0 Å². The number of benzene rings is 1. The lowest BCUT2D eigenvalue weighted by Gasteiger charge is -2.27. The van der Waals surface area contributed by atoms with E-state index < -0.39 is 0 Å². The van der Waals surface area contributed by atoms with Crippen molar-refractivity contribution in [2.75, 3.05) is 13.2 Å². The molecule has 1 atom stereocenters. The van der Waals surface area contributed by atoms with E-state index in [1.54, 1.807) is 0 Å². The Morgan fingerprint density at radius 1 is 1.29 bits per heavy atom. The first-order valence-corrected chi connectivity index (χ1v) is 5.00. The van der Waals surface area contributed by atoms with Crippen molar-refractivity contribution < 1.29 is 5.11 Å². The fourth-order valence-electron chi connectivity index (χ4n) is 1.57. The zero-order chi connectivity index (χ0) is 10.6.